The van der Waals surface area contributed by atoms with Crippen LogP contribution < -0.4 is 5.32 Å². The van der Waals surface area contributed by atoms with Gasteiger partial charge in [-0.25, -0.2) is 4.98 Å². The Balaban J connectivity index is 1.88. The normalized spacial score (nSPS) is 12.8. The van der Waals surface area contributed by atoms with Crippen molar-refractivity contribution in [3.8, 4) is 0 Å². The van der Waals surface area contributed by atoms with Crippen molar-refractivity contribution < 1.29 is 0 Å². The number of hydrogen-bond donors (Lipinski definition) is 1. The van der Waals surface area contributed by atoms with E-state index in [0.717, 1.165) is 31.5 Å². The number of nitrogens with one attached hydrogen (secondary N) is 1. The Labute approximate surface area is 118 Å². The first kappa shape index (κ1) is 14.2. The highest BCUT2D eigenvalue weighted by Gasteiger charge is 2.11. The van der Waals surface area contributed by atoms with Crippen molar-refractivity contribution in [3.05, 3.63) is 34.0 Å². The summed E-state index contributed by atoms with van der Waals surface area (Å²) >= 11 is 1.76. The zero-order valence-electron chi connectivity index (χ0n) is 11.9. The fourth-order valence-electron chi connectivity index (χ4n) is 2.21. The first-order chi connectivity index (χ1) is 9.17. The van der Waals surface area contributed by atoms with E-state index in [1.54, 1.807) is 11.3 Å². The van der Waals surface area contributed by atoms with Gasteiger partial charge in [0.25, 0.3) is 0 Å². The Kier molecular flexibility index (Phi) is 5.10. The molecule has 0 aliphatic heterocycles. The second-order valence-electron chi connectivity index (χ2n) is 4.90. The maximum Gasteiger partial charge on any atom is 0.0943 e. The first-order valence-corrected chi connectivity index (χ1v) is 7.67. The van der Waals surface area contributed by atoms with Crippen LogP contribution in [0.1, 0.15) is 29.6 Å². The molecule has 0 saturated carbocycles. The second kappa shape index (κ2) is 6.82. The van der Waals surface area contributed by atoms with Crippen LogP contribution in [0.25, 0.3) is 0 Å². The van der Waals surface area contributed by atoms with Crippen molar-refractivity contribution >= 4 is 11.3 Å². The Hall–Kier alpha value is -1.20. The molecule has 0 spiro atoms. The molecule has 2 rings (SSSR count). The molecular weight excluding hydrogens is 256 g/mol. The third kappa shape index (κ3) is 4.44. The first-order valence-electron chi connectivity index (χ1n) is 6.79. The molecule has 0 fully saturated rings. The predicted octanol–water partition coefficient (Wildman–Crippen LogP) is 2.34. The molecule has 2 heterocycles. The van der Waals surface area contributed by atoms with E-state index in [9.17, 15) is 0 Å². The van der Waals surface area contributed by atoms with Gasteiger partial charge in [0.15, 0.2) is 0 Å². The maximum absolute atomic E-state index is 4.55. The van der Waals surface area contributed by atoms with Gasteiger partial charge < -0.3 is 5.32 Å². The third-order valence-corrected chi connectivity index (χ3v) is 4.11. The summed E-state index contributed by atoms with van der Waals surface area (Å²) in [5.74, 6) is 0. The number of rotatable bonds is 7. The summed E-state index contributed by atoms with van der Waals surface area (Å²) in [7, 11) is 1.96. The summed E-state index contributed by atoms with van der Waals surface area (Å²) in [5, 5.41) is 11.1. The highest BCUT2D eigenvalue weighted by atomic mass is 32.1. The summed E-state index contributed by atoms with van der Waals surface area (Å²) in [6.07, 6.45) is 7.26. The Morgan fingerprint density at radius 2 is 2.32 bits per heavy atom. The molecular formula is C14H22N4S. The van der Waals surface area contributed by atoms with E-state index in [0.29, 0.717) is 6.04 Å². The topological polar surface area (TPSA) is 42.7 Å². The Morgan fingerprint density at radius 1 is 1.47 bits per heavy atom. The monoisotopic (exact) mass is 278 g/mol. The van der Waals surface area contributed by atoms with E-state index < -0.39 is 0 Å². The van der Waals surface area contributed by atoms with Crippen molar-refractivity contribution in [3.63, 3.8) is 0 Å². The lowest BCUT2D eigenvalue weighted by atomic mass is 10.1. The molecule has 19 heavy (non-hydrogen) atoms. The van der Waals surface area contributed by atoms with Crippen molar-refractivity contribution in [2.24, 2.45) is 7.05 Å². The van der Waals surface area contributed by atoms with Crippen LogP contribution in [0.4, 0.5) is 0 Å². The zero-order chi connectivity index (χ0) is 13.7. The van der Waals surface area contributed by atoms with Crippen LogP contribution in [0.5, 0.6) is 0 Å². The standard InChI is InChI=1S/C14H22N4S/c1-4-15-13(7-14-17-11(2)10-19-14)6-5-12-8-16-18(3)9-12/h8-10,13,15H,4-7H2,1-3H3. The largest absolute Gasteiger partial charge is 0.314 e. The lowest BCUT2D eigenvalue weighted by Gasteiger charge is -2.16. The molecule has 1 N–H and O–H groups in total. The number of aryl methyl sites for hydroxylation is 3. The van der Waals surface area contributed by atoms with Crippen LogP contribution in [0.3, 0.4) is 0 Å². The van der Waals surface area contributed by atoms with Crippen LogP contribution in [0, 0.1) is 6.92 Å². The molecule has 0 aliphatic rings. The van der Waals surface area contributed by atoms with E-state index in [4.69, 9.17) is 0 Å². The molecule has 104 valence electrons. The van der Waals surface area contributed by atoms with Crippen LogP contribution in [-0.2, 0) is 19.9 Å². The third-order valence-electron chi connectivity index (χ3n) is 3.12. The SMILES string of the molecule is CCNC(CCc1cnn(C)c1)Cc1nc(C)cs1. The summed E-state index contributed by atoms with van der Waals surface area (Å²) in [4.78, 5) is 4.55. The van der Waals surface area contributed by atoms with Gasteiger partial charge in [-0.3, -0.25) is 4.68 Å². The van der Waals surface area contributed by atoms with Gasteiger partial charge in [-0.15, -0.1) is 11.3 Å². The highest BCUT2D eigenvalue weighted by Crippen LogP contribution is 2.14. The second-order valence-corrected chi connectivity index (χ2v) is 5.84. The van der Waals surface area contributed by atoms with Gasteiger partial charge in [-0.1, -0.05) is 6.92 Å². The van der Waals surface area contributed by atoms with Gasteiger partial charge in [0, 0.05) is 36.8 Å². The molecule has 4 nitrogen and oxygen atoms in total. The minimum absolute atomic E-state index is 0.496. The van der Waals surface area contributed by atoms with Crippen LogP contribution in [0.15, 0.2) is 17.8 Å². The molecule has 0 amide bonds. The predicted molar refractivity (Wildman–Crippen MR) is 79.5 cm³/mol. The molecule has 0 aliphatic carbocycles. The fraction of sp³-hybridized carbons (Fsp3) is 0.571. The summed E-state index contributed by atoms with van der Waals surface area (Å²) in [6, 6.07) is 0.496. The van der Waals surface area contributed by atoms with E-state index in [1.807, 2.05) is 17.9 Å². The lowest BCUT2D eigenvalue weighted by molar-refractivity contribution is 0.490. The van der Waals surface area contributed by atoms with Crippen LogP contribution >= 0.6 is 11.3 Å². The average molecular weight is 278 g/mol. The zero-order valence-corrected chi connectivity index (χ0v) is 12.7. The van der Waals surface area contributed by atoms with E-state index in [2.05, 4.69) is 40.8 Å². The lowest BCUT2D eigenvalue weighted by Crippen LogP contribution is -2.31. The molecule has 2 aromatic rings. The van der Waals surface area contributed by atoms with Crippen molar-refractivity contribution in [2.45, 2.75) is 39.2 Å². The smallest absolute Gasteiger partial charge is 0.0943 e. The molecule has 0 aromatic carbocycles. The molecule has 1 atom stereocenters. The Morgan fingerprint density at radius 3 is 2.89 bits per heavy atom. The quantitative estimate of drug-likeness (QED) is 0.845. The number of hydrogen-bond acceptors (Lipinski definition) is 4. The van der Waals surface area contributed by atoms with E-state index in [1.165, 1.54) is 10.6 Å². The molecule has 0 saturated heterocycles. The Bertz CT molecular complexity index is 503. The van der Waals surface area contributed by atoms with Gasteiger partial charge in [-0.2, -0.15) is 5.10 Å². The van der Waals surface area contributed by atoms with E-state index in [-0.39, 0.29) is 0 Å². The number of nitrogens with zero attached hydrogens (tertiary/aromatic N) is 3. The minimum Gasteiger partial charge on any atom is -0.314 e. The highest BCUT2D eigenvalue weighted by molar-refractivity contribution is 7.09. The molecule has 0 bridgehead atoms. The molecule has 2 aromatic heterocycles. The number of likely N-dealkylation sites (N-methyl/N-ethyl adjacent to an activating group) is 1. The molecule has 5 heteroatoms. The minimum atomic E-state index is 0.496. The van der Waals surface area contributed by atoms with Gasteiger partial charge in [0.05, 0.1) is 11.2 Å². The van der Waals surface area contributed by atoms with Gasteiger partial charge in [0.2, 0.25) is 0 Å². The summed E-state index contributed by atoms with van der Waals surface area (Å²) in [6.45, 7) is 5.21. The number of thiazole rings is 1. The summed E-state index contributed by atoms with van der Waals surface area (Å²) in [5.41, 5.74) is 2.43. The van der Waals surface area contributed by atoms with Crippen molar-refractivity contribution in [1.82, 2.24) is 20.1 Å². The van der Waals surface area contributed by atoms with Crippen molar-refractivity contribution in [1.29, 1.82) is 0 Å². The fourth-order valence-corrected chi connectivity index (χ4v) is 3.07. The van der Waals surface area contributed by atoms with Crippen molar-refractivity contribution in [2.75, 3.05) is 6.54 Å². The number of aromatic nitrogens is 3. The maximum atomic E-state index is 4.55. The van der Waals surface area contributed by atoms with E-state index >= 15 is 0 Å². The molecule has 0 radical (unpaired) electrons. The van der Waals surface area contributed by atoms with Crippen LogP contribution in [-0.4, -0.2) is 27.4 Å². The van der Waals surface area contributed by atoms with Gasteiger partial charge >= 0.3 is 0 Å². The average Bonchev–Trinajstić information content (AvgIpc) is 2.96. The van der Waals surface area contributed by atoms with Gasteiger partial charge in [-0.05, 0) is 31.9 Å². The summed E-state index contributed by atoms with van der Waals surface area (Å²) < 4.78 is 1.86. The van der Waals surface area contributed by atoms with Gasteiger partial charge in [0.1, 0.15) is 0 Å². The molecule has 1 unspecified atom stereocenters. The van der Waals surface area contributed by atoms with Crippen LogP contribution in [0.2, 0.25) is 0 Å².